The second-order valence-corrected chi connectivity index (χ2v) is 3.55. The molecule has 0 rings (SSSR count). The van der Waals surface area contributed by atoms with Gasteiger partial charge in [-0.3, -0.25) is 8.42 Å². The summed E-state index contributed by atoms with van der Waals surface area (Å²) in [4.78, 5) is 0. The molecular weight excluding hydrogens is 291 g/mol. The van der Waals surface area contributed by atoms with E-state index in [-0.39, 0.29) is 17.1 Å². The van der Waals surface area contributed by atoms with Crippen molar-refractivity contribution in [3.63, 3.8) is 0 Å². The van der Waals surface area contributed by atoms with Gasteiger partial charge in [-0.1, -0.05) is 0 Å². The normalized spacial score (nSPS) is 10.6. The number of hydrogen-bond acceptors (Lipinski definition) is 8. The number of rotatable bonds is 0. The molecule has 0 amide bonds. The van der Waals surface area contributed by atoms with Gasteiger partial charge in [0.25, 0.3) is 0 Å². The average molecular weight is 291 g/mol. The minimum atomic E-state index is -5.88. The molecule has 0 aromatic rings. The summed E-state index contributed by atoms with van der Waals surface area (Å²) in [5.41, 5.74) is 0. The van der Waals surface area contributed by atoms with Crippen molar-refractivity contribution in [3.05, 3.63) is 0 Å². The molecule has 11 heteroatoms. The molecule has 0 atom stereocenters. The molecular formula is AsFeO8S. The van der Waals surface area contributed by atoms with Gasteiger partial charge in [0.1, 0.15) is 0 Å². The van der Waals surface area contributed by atoms with E-state index in [9.17, 15) is 0 Å². The second kappa shape index (κ2) is 6.18. The topological polar surface area (TPSA) is 167 Å². The van der Waals surface area contributed by atoms with Gasteiger partial charge in [-0.05, 0) is 0 Å². The van der Waals surface area contributed by atoms with Crippen molar-refractivity contribution in [1.82, 2.24) is 0 Å². The van der Waals surface area contributed by atoms with Crippen LogP contribution in [-0.4, -0.2) is 32.0 Å². The smallest absolute Gasteiger partial charge is 5.00 e. The Morgan fingerprint density at radius 3 is 1.00 bits per heavy atom. The fourth-order valence-electron chi connectivity index (χ4n) is 0. The van der Waals surface area contributed by atoms with Crippen LogP contribution < -0.4 is 12.3 Å². The van der Waals surface area contributed by atoms with E-state index < -0.39 is 24.9 Å². The molecule has 0 spiro atoms. The van der Waals surface area contributed by atoms with Crippen molar-refractivity contribution < 1.29 is 50.6 Å². The van der Waals surface area contributed by atoms with Crippen LogP contribution in [0.25, 0.3) is 0 Å². The SMILES string of the molecule is O=S(=O)([O-])[O-].O=[As]([O-])([O-])[O-].[Fe+5]. The van der Waals surface area contributed by atoms with Crippen molar-refractivity contribution >= 4 is 24.9 Å². The predicted octanol–water partition coefficient (Wildman–Crippen LogP) is -5.41. The summed E-state index contributed by atoms with van der Waals surface area (Å²) < 4.78 is 68.5. The van der Waals surface area contributed by atoms with Crippen LogP contribution in [0.3, 0.4) is 0 Å². The third kappa shape index (κ3) is 2010. The van der Waals surface area contributed by atoms with Crippen LogP contribution in [0.2, 0.25) is 0 Å². The molecule has 0 bridgehead atoms. The summed E-state index contributed by atoms with van der Waals surface area (Å²) in [6, 6.07) is 0. The van der Waals surface area contributed by atoms with Gasteiger partial charge in [0.2, 0.25) is 0 Å². The molecule has 67 valence electrons. The van der Waals surface area contributed by atoms with E-state index in [4.69, 9.17) is 33.5 Å². The van der Waals surface area contributed by atoms with E-state index >= 15 is 0 Å². The molecule has 0 saturated heterocycles. The molecule has 0 fully saturated rings. The Hall–Kier alpha value is 0.628. The van der Waals surface area contributed by atoms with Gasteiger partial charge in [0.05, 0.1) is 0 Å². The summed E-state index contributed by atoms with van der Waals surface area (Å²) in [7, 11) is -5.17. The van der Waals surface area contributed by atoms with Crippen LogP contribution in [-0.2, 0) is 31.2 Å². The minimum Gasteiger partial charge on any atom is 5.00 e. The zero-order chi connectivity index (χ0) is 9.00. The molecule has 0 aromatic carbocycles. The van der Waals surface area contributed by atoms with Gasteiger partial charge in [-0.2, -0.15) is 0 Å². The Labute approximate surface area is 75.6 Å². The van der Waals surface area contributed by atoms with E-state index in [0.29, 0.717) is 0 Å². The zero-order valence-corrected chi connectivity index (χ0v) is 8.27. The minimum absolute atomic E-state index is 0. The quantitative estimate of drug-likeness (QED) is 0.242. The Bertz CT molecular complexity index is 192. The molecule has 0 unspecified atom stereocenters. The number of hydrogen-bond donors (Lipinski definition) is 0. The Morgan fingerprint density at radius 1 is 1.00 bits per heavy atom. The molecule has 0 heterocycles. The van der Waals surface area contributed by atoms with E-state index in [1.165, 1.54) is 0 Å². The molecule has 0 aliphatic carbocycles. The van der Waals surface area contributed by atoms with Crippen molar-refractivity contribution in [2.45, 2.75) is 0 Å². The fraction of sp³-hybridized carbons (Fsp3) is 0. The van der Waals surface area contributed by atoms with E-state index in [1.807, 2.05) is 0 Å². The van der Waals surface area contributed by atoms with Crippen LogP contribution >= 0.6 is 0 Å². The molecule has 0 aliphatic heterocycles. The maximum atomic E-state index is 8.61. The third-order valence-corrected chi connectivity index (χ3v) is 0. The van der Waals surface area contributed by atoms with Gasteiger partial charge >= 0.3 is 47.6 Å². The molecule has 8 nitrogen and oxygen atoms in total. The van der Waals surface area contributed by atoms with Gasteiger partial charge < -0.3 is 9.11 Å². The Morgan fingerprint density at radius 2 is 1.00 bits per heavy atom. The van der Waals surface area contributed by atoms with Crippen molar-refractivity contribution in [1.29, 1.82) is 0 Å². The van der Waals surface area contributed by atoms with E-state index in [2.05, 4.69) is 0 Å². The Balaban J connectivity index is -0.000000107. The van der Waals surface area contributed by atoms with Gasteiger partial charge in [-0.15, -0.1) is 0 Å². The molecule has 0 aromatic heterocycles. The molecule has 11 heavy (non-hydrogen) atoms. The average Bonchev–Trinajstić information content (AvgIpc) is 1.12. The van der Waals surface area contributed by atoms with Crippen molar-refractivity contribution in [2.24, 2.45) is 0 Å². The van der Waals surface area contributed by atoms with Gasteiger partial charge in [0.15, 0.2) is 0 Å². The molecule has 0 aliphatic rings. The maximum absolute atomic E-state index is 8.61. The monoisotopic (exact) mass is 291 g/mol. The molecule has 0 saturated carbocycles. The first kappa shape index (κ1) is 17.6. The van der Waals surface area contributed by atoms with E-state index in [1.54, 1.807) is 0 Å². The first-order chi connectivity index (χ1) is 4.00. The zero-order valence-electron chi connectivity index (χ0n) is 4.48. The summed E-state index contributed by atoms with van der Waals surface area (Å²) in [6.45, 7) is 0. The standard InChI is InChI=1S/AsH3O4.Fe.H2O4S/c2-1(3,4)5;;1-5(2,3)4/h(H3,2,3,4,5);;(H2,1,2,3,4)/q;+5;/p-5. The summed E-state index contributed by atoms with van der Waals surface area (Å²) in [5.74, 6) is 0. The van der Waals surface area contributed by atoms with Crippen molar-refractivity contribution in [3.8, 4) is 0 Å². The summed E-state index contributed by atoms with van der Waals surface area (Å²) >= 11 is -5.88. The third-order valence-electron chi connectivity index (χ3n) is 0. The first-order valence-corrected chi connectivity index (χ1v) is 5.79. The fourth-order valence-corrected chi connectivity index (χ4v) is 0. The van der Waals surface area contributed by atoms with Crippen LogP contribution in [0.4, 0.5) is 0 Å². The van der Waals surface area contributed by atoms with Crippen LogP contribution in [0.1, 0.15) is 0 Å². The summed E-state index contributed by atoms with van der Waals surface area (Å²) in [6.07, 6.45) is 0. The van der Waals surface area contributed by atoms with Crippen molar-refractivity contribution in [2.75, 3.05) is 0 Å². The first-order valence-electron chi connectivity index (χ1n) is 1.40. The van der Waals surface area contributed by atoms with Crippen LogP contribution in [0, 0.1) is 0 Å². The second-order valence-electron chi connectivity index (χ2n) is 0.855. The molecule has 1 radical (unpaired) electrons. The summed E-state index contributed by atoms with van der Waals surface area (Å²) in [5, 5.41) is 0. The van der Waals surface area contributed by atoms with Gasteiger partial charge in [-0.25, -0.2) is 0 Å². The predicted molar refractivity (Wildman–Crippen MR) is 16.9 cm³/mol. The Kier molecular flexibility index (Phi) is 9.91. The largest absolute Gasteiger partial charge is 5.00 e. The molecule has 0 N–H and O–H groups in total. The van der Waals surface area contributed by atoms with Crippen LogP contribution in [0.15, 0.2) is 0 Å². The van der Waals surface area contributed by atoms with Gasteiger partial charge in [0, 0.05) is 10.4 Å². The van der Waals surface area contributed by atoms with E-state index in [0.717, 1.165) is 0 Å². The maximum Gasteiger partial charge on any atom is 5.00 e. The van der Waals surface area contributed by atoms with Crippen LogP contribution in [0.5, 0.6) is 0 Å².